The van der Waals surface area contributed by atoms with Crippen LogP contribution in [0.25, 0.3) is 0 Å². The maximum absolute atomic E-state index is 12.9. The molecule has 0 amide bonds. The quantitative estimate of drug-likeness (QED) is 0.328. The van der Waals surface area contributed by atoms with Crippen molar-refractivity contribution in [3.8, 4) is 0 Å². The van der Waals surface area contributed by atoms with Crippen LogP contribution in [-0.4, -0.2) is 5.16 Å². The van der Waals surface area contributed by atoms with Gasteiger partial charge in [0.2, 0.25) is 0 Å². The van der Waals surface area contributed by atoms with Crippen LogP contribution in [0.5, 0.6) is 0 Å². The molecule has 0 saturated carbocycles. The van der Waals surface area contributed by atoms with Crippen LogP contribution in [0.2, 0.25) is 0 Å². The van der Waals surface area contributed by atoms with E-state index in [0.717, 1.165) is 0 Å². The van der Waals surface area contributed by atoms with Crippen molar-refractivity contribution in [3.05, 3.63) is 28.0 Å². The molecule has 0 spiro atoms. The Hall–Kier alpha value is -0.710. The number of isothiocyanates is 1. The van der Waals surface area contributed by atoms with Crippen molar-refractivity contribution in [1.29, 1.82) is 0 Å². The topological polar surface area (TPSA) is 12.4 Å². The summed E-state index contributed by atoms with van der Waals surface area (Å²) in [5, 5.41) is 1.86. The molecule has 0 aromatic heterocycles. The summed E-state index contributed by atoms with van der Waals surface area (Å²) in [6.45, 7) is 0. The zero-order valence-corrected chi connectivity index (χ0v) is 8.35. The van der Waals surface area contributed by atoms with Crippen LogP contribution in [0.4, 0.5) is 18.9 Å². The van der Waals surface area contributed by atoms with Gasteiger partial charge in [0.25, 0.3) is 0 Å². The van der Waals surface area contributed by atoms with Gasteiger partial charge >= 0.3 is 0 Å². The SMILES string of the molecule is Fc1cc(F)c(N=C=S)c(Br)c1F. The van der Waals surface area contributed by atoms with Crippen molar-refractivity contribution < 1.29 is 13.2 Å². The van der Waals surface area contributed by atoms with E-state index in [-0.39, 0.29) is 0 Å². The summed E-state index contributed by atoms with van der Waals surface area (Å²) in [4.78, 5) is 3.24. The average Bonchev–Trinajstić information content (AvgIpc) is 2.09. The summed E-state index contributed by atoms with van der Waals surface area (Å²) in [7, 11) is 0. The van der Waals surface area contributed by atoms with E-state index >= 15 is 0 Å². The van der Waals surface area contributed by atoms with Crippen LogP contribution in [0.1, 0.15) is 0 Å². The van der Waals surface area contributed by atoms with Gasteiger partial charge in [-0.25, -0.2) is 13.2 Å². The van der Waals surface area contributed by atoms with Crippen LogP contribution in [0.15, 0.2) is 15.5 Å². The molecule has 0 atom stereocenters. The third-order valence-corrected chi connectivity index (χ3v) is 2.06. The van der Waals surface area contributed by atoms with Crippen LogP contribution in [0, 0.1) is 17.5 Å². The average molecular weight is 268 g/mol. The lowest BCUT2D eigenvalue weighted by atomic mass is 10.3. The van der Waals surface area contributed by atoms with Crippen molar-refractivity contribution in [2.24, 2.45) is 4.99 Å². The van der Waals surface area contributed by atoms with Gasteiger partial charge in [0, 0.05) is 6.07 Å². The molecule has 6 heteroatoms. The van der Waals surface area contributed by atoms with Gasteiger partial charge in [0.15, 0.2) is 17.5 Å². The lowest BCUT2D eigenvalue weighted by molar-refractivity contribution is 0.491. The molecule has 0 unspecified atom stereocenters. The van der Waals surface area contributed by atoms with Gasteiger partial charge in [-0.05, 0) is 28.1 Å². The Kier molecular flexibility index (Phi) is 3.19. The smallest absolute Gasteiger partial charge is 0.175 e. The second-order valence-electron chi connectivity index (χ2n) is 2.02. The van der Waals surface area contributed by atoms with Gasteiger partial charge in [0.1, 0.15) is 5.69 Å². The van der Waals surface area contributed by atoms with Crippen molar-refractivity contribution in [3.63, 3.8) is 0 Å². The maximum atomic E-state index is 12.9. The Bertz CT molecular complexity index is 401. The molecule has 0 radical (unpaired) electrons. The summed E-state index contributed by atoms with van der Waals surface area (Å²) in [5.74, 6) is -3.48. The Balaban J connectivity index is 3.52. The second-order valence-corrected chi connectivity index (χ2v) is 3.00. The van der Waals surface area contributed by atoms with Gasteiger partial charge in [0.05, 0.1) is 9.63 Å². The largest absolute Gasteiger partial charge is 0.204 e. The molecule has 1 rings (SSSR count). The van der Waals surface area contributed by atoms with E-state index < -0.39 is 27.6 Å². The fourth-order valence-electron chi connectivity index (χ4n) is 0.705. The Morgan fingerprint density at radius 3 is 2.46 bits per heavy atom. The molecule has 0 N–H and O–H groups in total. The number of halogens is 4. The summed E-state index contributed by atoms with van der Waals surface area (Å²) >= 11 is 6.86. The van der Waals surface area contributed by atoms with Crippen molar-refractivity contribution in [2.75, 3.05) is 0 Å². The number of rotatable bonds is 1. The van der Waals surface area contributed by atoms with E-state index in [1.165, 1.54) is 0 Å². The first-order valence-corrected chi connectivity index (χ1v) is 4.19. The first-order valence-electron chi connectivity index (χ1n) is 2.98. The molecule has 0 saturated heterocycles. The fourth-order valence-corrected chi connectivity index (χ4v) is 1.26. The highest BCUT2D eigenvalue weighted by molar-refractivity contribution is 9.10. The van der Waals surface area contributed by atoms with Gasteiger partial charge in [-0.1, -0.05) is 0 Å². The highest BCUT2D eigenvalue weighted by Crippen LogP contribution is 2.32. The standard InChI is InChI=1S/C7HBrF3NS/c8-5-6(11)3(9)1-4(10)7(5)12-2-13/h1H. The van der Waals surface area contributed by atoms with Gasteiger partial charge in [-0.3, -0.25) is 0 Å². The summed E-state index contributed by atoms with van der Waals surface area (Å²) < 4.78 is 37.8. The normalized spacial score (nSPS) is 9.54. The van der Waals surface area contributed by atoms with Gasteiger partial charge in [-0.2, -0.15) is 4.99 Å². The van der Waals surface area contributed by atoms with Crippen LogP contribution >= 0.6 is 28.1 Å². The molecule has 0 heterocycles. The van der Waals surface area contributed by atoms with Crippen molar-refractivity contribution >= 4 is 39.0 Å². The minimum Gasteiger partial charge on any atom is -0.204 e. The molecule has 1 nitrogen and oxygen atoms in total. The highest BCUT2D eigenvalue weighted by Gasteiger charge is 2.15. The number of nitrogens with zero attached hydrogens (tertiary/aromatic N) is 1. The lowest BCUT2D eigenvalue weighted by Crippen LogP contribution is -1.89. The van der Waals surface area contributed by atoms with E-state index in [2.05, 4.69) is 33.1 Å². The number of benzene rings is 1. The Morgan fingerprint density at radius 1 is 1.31 bits per heavy atom. The molecule has 68 valence electrons. The third-order valence-electron chi connectivity index (χ3n) is 1.25. The molecule has 1 aromatic rings. The van der Waals surface area contributed by atoms with Crippen molar-refractivity contribution in [1.82, 2.24) is 0 Å². The first-order chi connectivity index (χ1) is 6.07. The van der Waals surface area contributed by atoms with E-state index in [0.29, 0.717) is 6.07 Å². The predicted molar refractivity (Wildman–Crippen MR) is 48.7 cm³/mol. The molecule has 0 aliphatic carbocycles. The first kappa shape index (κ1) is 10.4. The lowest BCUT2D eigenvalue weighted by Gasteiger charge is -2.00. The maximum Gasteiger partial charge on any atom is 0.175 e. The molecular formula is C7HBrF3NS. The molecule has 0 bridgehead atoms. The summed E-state index contributed by atoms with van der Waals surface area (Å²) in [5.41, 5.74) is -0.395. The minimum atomic E-state index is -1.28. The van der Waals surface area contributed by atoms with E-state index in [1.54, 1.807) is 0 Å². The molecule has 13 heavy (non-hydrogen) atoms. The number of aliphatic imine (C=N–C) groups is 1. The third kappa shape index (κ3) is 1.96. The molecular weight excluding hydrogens is 267 g/mol. The fraction of sp³-hybridized carbons (Fsp3) is 0. The van der Waals surface area contributed by atoms with Gasteiger partial charge in [-0.15, -0.1) is 0 Å². The molecule has 0 fully saturated rings. The summed E-state index contributed by atoms with van der Waals surface area (Å²) in [6.07, 6.45) is 0. The van der Waals surface area contributed by atoms with Crippen LogP contribution in [0.3, 0.4) is 0 Å². The number of hydrogen-bond acceptors (Lipinski definition) is 2. The second kappa shape index (κ2) is 4.00. The number of thiocarbonyl (C=S) groups is 1. The van der Waals surface area contributed by atoms with Crippen LogP contribution < -0.4 is 0 Å². The van der Waals surface area contributed by atoms with E-state index in [1.807, 2.05) is 5.16 Å². The molecule has 1 aromatic carbocycles. The monoisotopic (exact) mass is 267 g/mol. The van der Waals surface area contributed by atoms with E-state index in [4.69, 9.17) is 0 Å². The minimum absolute atomic E-state index is 0.394. The van der Waals surface area contributed by atoms with Crippen LogP contribution in [-0.2, 0) is 0 Å². The summed E-state index contributed by atoms with van der Waals surface area (Å²) in [6, 6.07) is 0.394. The molecule has 0 aliphatic heterocycles. The Morgan fingerprint density at radius 2 is 1.92 bits per heavy atom. The highest BCUT2D eigenvalue weighted by atomic mass is 79.9. The Labute approximate surface area is 85.4 Å². The zero-order valence-electron chi connectivity index (χ0n) is 5.94. The zero-order chi connectivity index (χ0) is 10.0. The number of hydrogen-bond donors (Lipinski definition) is 0. The predicted octanol–water partition coefficient (Wildman–Crippen LogP) is 3.60. The molecule has 0 aliphatic rings. The van der Waals surface area contributed by atoms with E-state index in [9.17, 15) is 13.2 Å². The van der Waals surface area contributed by atoms with Crippen molar-refractivity contribution in [2.45, 2.75) is 0 Å². The van der Waals surface area contributed by atoms with Gasteiger partial charge < -0.3 is 0 Å².